The van der Waals surface area contributed by atoms with E-state index in [1.165, 1.54) is 0 Å². The molecule has 0 aliphatic rings. The van der Waals surface area contributed by atoms with Crippen molar-refractivity contribution in [3.05, 3.63) is 47.2 Å². The fourth-order valence-electron chi connectivity index (χ4n) is 4.33. The Morgan fingerprint density at radius 3 is 2.50 bits per heavy atom. The number of hydrogen-bond donors (Lipinski definition) is 2. The number of carbonyl (C=O) groups is 2. The lowest BCUT2D eigenvalue weighted by Gasteiger charge is -2.21. The van der Waals surface area contributed by atoms with Gasteiger partial charge >= 0.3 is 0 Å². The summed E-state index contributed by atoms with van der Waals surface area (Å²) in [6.45, 7) is 13.4. The maximum absolute atomic E-state index is 12.8. The molecule has 0 saturated heterocycles. The molecule has 184 valence electrons. The number of nitrogens with one attached hydrogen (secondary N) is 2. The molecule has 3 rings (SSSR count). The number of carbonyl (C=O) groups excluding carboxylic acids is 2. The number of aromatic nitrogens is 3. The molecule has 2 amide bonds. The van der Waals surface area contributed by atoms with Crippen molar-refractivity contribution in [2.45, 2.75) is 72.8 Å². The predicted octanol–water partition coefficient (Wildman–Crippen LogP) is 4.75. The molecule has 8 nitrogen and oxygen atoms in total. The Balaban J connectivity index is 1.41. The fourth-order valence-corrected chi connectivity index (χ4v) is 4.33. The van der Waals surface area contributed by atoms with E-state index in [9.17, 15) is 9.59 Å². The zero-order chi connectivity index (χ0) is 24.9. The molecule has 1 atom stereocenters. The molecule has 0 saturated carbocycles. The van der Waals surface area contributed by atoms with Gasteiger partial charge < -0.3 is 15.1 Å². The van der Waals surface area contributed by atoms with Gasteiger partial charge in [0, 0.05) is 30.4 Å². The first-order valence-electron chi connectivity index (χ1n) is 12.1. The SMILES string of the molecule is CCC(CCCNC(=O)c1cc2ccncc2o1)CCNC(=O)c1c(C)nn(C(C)(C)C)c1C. The van der Waals surface area contributed by atoms with Gasteiger partial charge in [-0.3, -0.25) is 19.3 Å². The molecular formula is C26H37N5O3. The highest BCUT2D eigenvalue weighted by Crippen LogP contribution is 2.22. The minimum absolute atomic E-state index is 0.0614. The highest BCUT2D eigenvalue weighted by atomic mass is 16.3. The van der Waals surface area contributed by atoms with Crippen LogP contribution in [0.1, 0.15) is 85.7 Å². The highest BCUT2D eigenvalue weighted by molar-refractivity contribution is 5.96. The minimum atomic E-state index is -0.210. The van der Waals surface area contributed by atoms with Crippen molar-refractivity contribution in [2.24, 2.45) is 5.92 Å². The van der Waals surface area contributed by atoms with Gasteiger partial charge in [-0.2, -0.15) is 5.10 Å². The second-order valence-corrected chi connectivity index (χ2v) is 9.87. The van der Waals surface area contributed by atoms with E-state index >= 15 is 0 Å². The van der Waals surface area contributed by atoms with Gasteiger partial charge in [-0.25, -0.2) is 0 Å². The van der Waals surface area contributed by atoms with Gasteiger partial charge in [-0.15, -0.1) is 0 Å². The van der Waals surface area contributed by atoms with E-state index in [4.69, 9.17) is 4.42 Å². The maximum Gasteiger partial charge on any atom is 0.287 e. The molecule has 0 radical (unpaired) electrons. The van der Waals surface area contributed by atoms with E-state index in [1.54, 1.807) is 18.5 Å². The number of amides is 2. The number of rotatable bonds is 10. The number of nitrogens with zero attached hydrogens (tertiary/aromatic N) is 3. The standard InChI is InChI=1S/C26H37N5O3/c1-7-19(9-8-12-28-24(32)21-15-20-11-13-27-16-22(20)34-21)10-14-29-25(33)23-17(2)30-31(18(23)3)26(4,5)6/h11,13,15-16,19H,7-10,12,14H2,1-6H3,(H,28,32)(H,29,33). The number of hydrogen-bond acceptors (Lipinski definition) is 5. The number of pyridine rings is 1. The fraction of sp³-hybridized carbons (Fsp3) is 0.538. The van der Waals surface area contributed by atoms with Crippen molar-refractivity contribution >= 4 is 22.8 Å². The molecule has 0 aromatic carbocycles. The van der Waals surface area contributed by atoms with Crippen LogP contribution in [0.5, 0.6) is 0 Å². The van der Waals surface area contributed by atoms with Crippen LogP contribution in [0.4, 0.5) is 0 Å². The van der Waals surface area contributed by atoms with Crippen LogP contribution < -0.4 is 10.6 Å². The third-order valence-corrected chi connectivity index (χ3v) is 6.19. The van der Waals surface area contributed by atoms with Crippen LogP contribution in [0, 0.1) is 19.8 Å². The Hall–Kier alpha value is -3.16. The zero-order valence-corrected chi connectivity index (χ0v) is 21.2. The smallest absolute Gasteiger partial charge is 0.287 e. The van der Waals surface area contributed by atoms with Crippen molar-refractivity contribution in [3.63, 3.8) is 0 Å². The van der Waals surface area contributed by atoms with E-state index in [0.29, 0.717) is 35.9 Å². The van der Waals surface area contributed by atoms with Crippen molar-refractivity contribution in [3.8, 4) is 0 Å². The molecule has 0 spiro atoms. The van der Waals surface area contributed by atoms with Crippen LogP contribution in [0.2, 0.25) is 0 Å². The summed E-state index contributed by atoms with van der Waals surface area (Å²) in [5, 5.41) is 11.4. The van der Waals surface area contributed by atoms with Gasteiger partial charge in [0.25, 0.3) is 11.8 Å². The van der Waals surface area contributed by atoms with Gasteiger partial charge in [0.2, 0.25) is 0 Å². The molecule has 3 aromatic heterocycles. The van der Waals surface area contributed by atoms with E-state index < -0.39 is 0 Å². The van der Waals surface area contributed by atoms with Gasteiger partial charge in [0.05, 0.1) is 23.0 Å². The summed E-state index contributed by atoms with van der Waals surface area (Å²) in [5.74, 6) is 0.513. The largest absolute Gasteiger partial charge is 0.449 e. The third-order valence-electron chi connectivity index (χ3n) is 6.19. The van der Waals surface area contributed by atoms with Crippen molar-refractivity contribution < 1.29 is 14.0 Å². The van der Waals surface area contributed by atoms with Crippen LogP contribution in [0.15, 0.2) is 28.9 Å². The van der Waals surface area contributed by atoms with Crippen LogP contribution in [-0.2, 0) is 5.54 Å². The summed E-state index contributed by atoms with van der Waals surface area (Å²) >= 11 is 0. The van der Waals surface area contributed by atoms with Crippen molar-refractivity contribution in [1.29, 1.82) is 0 Å². The molecule has 3 heterocycles. The first-order valence-corrected chi connectivity index (χ1v) is 12.1. The van der Waals surface area contributed by atoms with Gasteiger partial charge in [0.15, 0.2) is 11.3 Å². The molecule has 8 heteroatoms. The lowest BCUT2D eigenvalue weighted by molar-refractivity contribution is 0.0922. The monoisotopic (exact) mass is 467 g/mol. The van der Waals surface area contributed by atoms with E-state index in [-0.39, 0.29) is 17.4 Å². The second kappa shape index (κ2) is 10.8. The zero-order valence-electron chi connectivity index (χ0n) is 21.2. The Labute approximate surface area is 201 Å². The maximum atomic E-state index is 12.8. The van der Waals surface area contributed by atoms with E-state index in [1.807, 2.05) is 24.6 Å². The molecule has 0 aliphatic heterocycles. The Morgan fingerprint density at radius 2 is 1.85 bits per heavy atom. The van der Waals surface area contributed by atoms with Crippen molar-refractivity contribution in [2.75, 3.05) is 13.1 Å². The second-order valence-electron chi connectivity index (χ2n) is 9.87. The Kier molecular flexibility index (Phi) is 8.12. The van der Waals surface area contributed by atoms with Gasteiger partial charge in [-0.05, 0) is 71.9 Å². The predicted molar refractivity (Wildman–Crippen MR) is 133 cm³/mol. The average Bonchev–Trinajstić information content (AvgIpc) is 3.35. The summed E-state index contributed by atoms with van der Waals surface area (Å²) in [5.41, 5.74) is 2.76. The summed E-state index contributed by atoms with van der Waals surface area (Å²) in [6, 6.07) is 3.55. The third kappa shape index (κ3) is 6.04. The van der Waals surface area contributed by atoms with E-state index in [0.717, 1.165) is 42.5 Å². The summed E-state index contributed by atoms with van der Waals surface area (Å²) < 4.78 is 7.48. The first-order chi connectivity index (χ1) is 16.1. The van der Waals surface area contributed by atoms with Gasteiger partial charge in [0.1, 0.15) is 0 Å². The summed E-state index contributed by atoms with van der Waals surface area (Å²) in [7, 11) is 0. The van der Waals surface area contributed by atoms with Crippen LogP contribution in [0.3, 0.4) is 0 Å². The minimum Gasteiger partial charge on any atom is -0.449 e. The lowest BCUT2D eigenvalue weighted by atomic mass is 9.96. The summed E-state index contributed by atoms with van der Waals surface area (Å²) in [4.78, 5) is 29.2. The van der Waals surface area contributed by atoms with E-state index in [2.05, 4.69) is 48.4 Å². The summed E-state index contributed by atoms with van der Waals surface area (Å²) in [6.07, 6.45) is 7.07. The Bertz CT molecular complexity index is 1110. The van der Waals surface area contributed by atoms with Crippen molar-refractivity contribution in [1.82, 2.24) is 25.4 Å². The highest BCUT2D eigenvalue weighted by Gasteiger charge is 2.24. The van der Waals surface area contributed by atoms with Crippen LogP contribution >= 0.6 is 0 Å². The van der Waals surface area contributed by atoms with Gasteiger partial charge in [-0.1, -0.05) is 13.3 Å². The molecule has 34 heavy (non-hydrogen) atoms. The molecule has 0 aliphatic carbocycles. The topological polar surface area (TPSA) is 102 Å². The molecule has 0 bridgehead atoms. The molecular weight excluding hydrogens is 430 g/mol. The first kappa shape index (κ1) is 25.5. The molecule has 2 N–H and O–H groups in total. The number of furan rings is 1. The number of aryl methyl sites for hydroxylation is 1. The molecule has 1 unspecified atom stereocenters. The number of fused-ring (bicyclic) bond motifs is 1. The molecule has 0 fully saturated rings. The van der Waals surface area contributed by atoms with Crippen LogP contribution in [-0.4, -0.2) is 39.7 Å². The van der Waals surface area contributed by atoms with Crippen LogP contribution in [0.25, 0.3) is 11.0 Å². The normalized spacial score (nSPS) is 12.6. The molecule has 3 aromatic rings. The lowest BCUT2D eigenvalue weighted by Crippen LogP contribution is -2.28. The quantitative estimate of drug-likeness (QED) is 0.419. The average molecular weight is 468 g/mol. The Morgan fingerprint density at radius 1 is 1.12 bits per heavy atom.